The molecule has 2 heterocycles. The van der Waals surface area contributed by atoms with Gasteiger partial charge in [-0.3, -0.25) is 14.8 Å². The minimum absolute atomic E-state index is 0.0888. The highest BCUT2D eigenvalue weighted by Crippen LogP contribution is 2.32. The van der Waals surface area contributed by atoms with Gasteiger partial charge in [0.15, 0.2) is 0 Å². The number of anilines is 1. The summed E-state index contributed by atoms with van der Waals surface area (Å²) < 4.78 is 90.4. The van der Waals surface area contributed by atoms with Crippen LogP contribution in [0.5, 0.6) is 0 Å². The molecule has 4 rings (SSSR count). The number of rotatable bonds is 5. The van der Waals surface area contributed by atoms with Gasteiger partial charge < -0.3 is 5.32 Å². The lowest BCUT2D eigenvalue weighted by Gasteiger charge is -2.16. The molecule has 0 saturated carbocycles. The van der Waals surface area contributed by atoms with Crippen molar-refractivity contribution in [2.45, 2.75) is 18.3 Å². The van der Waals surface area contributed by atoms with E-state index in [0.29, 0.717) is 17.5 Å². The lowest BCUT2D eigenvalue weighted by Crippen LogP contribution is -2.29. The summed E-state index contributed by atoms with van der Waals surface area (Å²) in [7, 11) is 0. The standard InChI is InChI=1S/C24H17F7N4O/c25-17-6-1-14(2-7-17)22-19(20-10-5-16(11-32-20)24(29,30)31)12-35(34-22)13-21(36)33-18-8-3-15(4-9-18)23(26,27)28/h1-11,19H,12-13H2,(H,33,36). The average molecular weight is 510 g/mol. The first kappa shape index (κ1) is 25.1. The Labute approximate surface area is 200 Å². The minimum Gasteiger partial charge on any atom is -0.324 e. The zero-order valence-corrected chi connectivity index (χ0v) is 18.2. The highest BCUT2D eigenvalue weighted by atomic mass is 19.4. The topological polar surface area (TPSA) is 57.6 Å². The smallest absolute Gasteiger partial charge is 0.324 e. The van der Waals surface area contributed by atoms with E-state index in [0.717, 1.165) is 30.3 Å². The number of nitrogens with one attached hydrogen (secondary N) is 1. The van der Waals surface area contributed by atoms with Crippen molar-refractivity contribution in [1.29, 1.82) is 0 Å². The summed E-state index contributed by atoms with van der Waals surface area (Å²) in [5, 5.41) is 8.24. The van der Waals surface area contributed by atoms with Crippen molar-refractivity contribution < 1.29 is 35.5 Å². The minimum atomic E-state index is -4.56. The second-order valence-electron chi connectivity index (χ2n) is 7.98. The molecule has 1 N–H and O–H groups in total. The summed E-state index contributed by atoms with van der Waals surface area (Å²) in [6.45, 7) is -0.200. The second-order valence-corrected chi connectivity index (χ2v) is 7.98. The number of carbonyl (C=O) groups excluding carboxylic acids is 1. The van der Waals surface area contributed by atoms with Crippen molar-refractivity contribution >= 4 is 17.3 Å². The average Bonchev–Trinajstić information content (AvgIpc) is 3.22. The zero-order chi connectivity index (χ0) is 26.1. The molecule has 2 aromatic carbocycles. The number of alkyl halides is 6. The lowest BCUT2D eigenvalue weighted by atomic mass is 9.94. The first-order chi connectivity index (χ1) is 16.9. The van der Waals surface area contributed by atoms with E-state index in [9.17, 15) is 35.5 Å². The highest BCUT2D eigenvalue weighted by molar-refractivity contribution is 6.06. The third kappa shape index (κ3) is 5.81. The fraction of sp³-hybridized carbons (Fsp3) is 0.208. The van der Waals surface area contributed by atoms with Crippen molar-refractivity contribution in [3.05, 3.63) is 95.1 Å². The summed E-state index contributed by atoms with van der Waals surface area (Å²) in [6, 6.07) is 11.3. The molecule has 1 aliphatic heterocycles. The van der Waals surface area contributed by atoms with E-state index in [1.165, 1.54) is 35.3 Å². The van der Waals surface area contributed by atoms with Crippen LogP contribution in [0.25, 0.3) is 0 Å². The van der Waals surface area contributed by atoms with Crippen LogP contribution in [0.3, 0.4) is 0 Å². The maximum absolute atomic E-state index is 13.4. The van der Waals surface area contributed by atoms with E-state index >= 15 is 0 Å². The molecule has 1 aliphatic rings. The first-order valence-electron chi connectivity index (χ1n) is 10.5. The molecule has 5 nitrogen and oxygen atoms in total. The Kier molecular flexibility index (Phi) is 6.70. The van der Waals surface area contributed by atoms with E-state index in [1.54, 1.807) is 0 Å². The van der Waals surface area contributed by atoms with Gasteiger partial charge in [0, 0.05) is 11.9 Å². The number of benzene rings is 2. The number of hydrogen-bond donors (Lipinski definition) is 1. The van der Waals surface area contributed by atoms with Crippen LogP contribution in [0.4, 0.5) is 36.4 Å². The van der Waals surface area contributed by atoms with Gasteiger partial charge in [-0.25, -0.2) is 4.39 Å². The molecule has 188 valence electrons. The van der Waals surface area contributed by atoms with Gasteiger partial charge in [0.1, 0.15) is 12.4 Å². The van der Waals surface area contributed by atoms with E-state index in [-0.39, 0.29) is 24.5 Å². The number of halogens is 7. The fourth-order valence-electron chi connectivity index (χ4n) is 3.66. The number of amides is 1. The molecule has 1 amide bonds. The monoisotopic (exact) mass is 510 g/mol. The molecule has 1 aromatic heterocycles. The van der Waals surface area contributed by atoms with E-state index < -0.39 is 41.1 Å². The molecule has 0 bridgehead atoms. The molecule has 0 radical (unpaired) electrons. The van der Waals surface area contributed by atoms with Gasteiger partial charge in [0.2, 0.25) is 5.91 Å². The van der Waals surface area contributed by atoms with E-state index in [4.69, 9.17) is 0 Å². The van der Waals surface area contributed by atoms with E-state index in [2.05, 4.69) is 15.4 Å². The molecule has 12 heteroatoms. The lowest BCUT2D eigenvalue weighted by molar-refractivity contribution is -0.138. The maximum atomic E-state index is 13.4. The summed E-state index contributed by atoms with van der Waals surface area (Å²) in [6.07, 6.45) is -8.36. The van der Waals surface area contributed by atoms with Crippen LogP contribution >= 0.6 is 0 Å². The van der Waals surface area contributed by atoms with Crippen molar-refractivity contribution in [2.24, 2.45) is 5.10 Å². The Morgan fingerprint density at radius 3 is 2.06 bits per heavy atom. The Hall–Kier alpha value is -3.96. The summed E-state index contributed by atoms with van der Waals surface area (Å²) >= 11 is 0. The largest absolute Gasteiger partial charge is 0.417 e. The van der Waals surface area contributed by atoms with Gasteiger partial charge in [0.25, 0.3) is 0 Å². The quantitative estimate of drug-likeness (QED) is 0.448. The predicted molar refractivity (Wildman–Crippen MR) is 117 cm³/mol. The van der Waals surface area contributed by atoms with Crippen LogP contribution in [0, 0.1) is 5.82 Å². The van der Waals surface area contributed by atoms with Crippen LogP contribution < -0.4 is 5.32 Å². The molecular weight excluding hydrogens is 493 g/mol. The van der Waals surface area contributed by atoms with Crippen molar-refractivity contribution in [3.63, 3.8) is 0 Å². The number of pyridine rings is 1. The number of carbonyl (C=O) groups is 1. The van der Waals surface area contributed by atoms with Crippen LogP contribution in [0.15, 0.2) is 72.0 Å². The Bertz CT molecular complexity index is 1250. The number of nitrogens with zero attached hydrogens (tertiary/aromatic N) is 3. The second kappa shape index (κ2) is 9.59. The van der Waals surface area contributed by atoms with E-state index in [1.807, 2.05) is 0 Å². The van der Waals surface area contributed by atoms with Gasteiger partial charge in [0.05, 0.1) is 35.0 Å². The summed E-state index contributed by atoms with van der Waals surface area (Å²) in [5.74, 6) is -1.68. The molecule has 0 fully saturated rings. The molecule has 1 unspecified atom stereocenters. The van der Waals surface area contributed by atoms with Gasteiger partial charge >= 0.3 is 12.4 Å². The van der Waals surface area contributed by atoms with Crippen molar-refractivity contribution in [1.82, 2.24) is 9.99 Å². The normalized spacial score (nSPS) is 16.1. The predicted octanol–water partition coefficient (Wildman–Crippen LogP) is 5.70. The van der Waals surface area contributed by atoms with Crippen LogP contribution in [-0.2, 0) is 17.1 Å². The van der Waals surface area contributed by atoms with Gasteiger partial charge in [-0.05, 0) is 54.1 Å². The number of hydrazone groups is 1. The zero-order valence-electron chi connectivity index (χ0n) is 18.2. The molecule has 0 aliphatic carbocycles. The Morgan fingerprint density at radius 2 is 1.50 bits per heavy atom. The Balaban J connectivity index is 1.52. The molecule has 0 spiro atoms. The third-order valence-corrected chi connectivity index (χ3v) is 5.41. The number of hydrogen-bond acceptors (Lipinski definition) is 4. The number of aromatic nitrogens is 1. The van der Waals surface area contributed by atoms with Gasteiger partial charge in [-0.1, -0.05) is 12.1 Å². The molecular formula is C24H17F7N4O. The summed E-state index contributed by atoms with van der Waals surface area (Å²) in [5.41, 5.74) is -0.483. The van der Waals surface area contributed by atoms with Gasteiger partial charge in [-0.15, -0.1) is 0 Å². The van der Waals surface area contributed by atoms with Crippen molar-refractivity contribution in [3.8, 4) is 0 Å². The highest BCUT2D eigenvalue weighted by Gasteiger charge is 2.34. The molecule has 0 saturated heterocycles. The van der Waals surface area contributed by atoms with Crippen molar-refractivity contribution in [2.75, 3.05) is 18.4 Å². The summed E-state index contributed by atoms with van der Waals surface area (Å²) in [4.78, 5) is 16.4. The van der Waals surface area contributed by atoms with Crippen LogP contribution in [0.1, 0.15) is 28.3 Å². The Morgan fingerprint density at radius 1 is 0.889 bits per heavy atom. The maximum Gasteiger partial charge on any atom is 0.417 e. The van der Waals surface area contributed by atoms with Crippen LogP contribution in [0.2, 0.25) is 0 Å². The molecule has 1 atom stereocenters. The third-order valence-electron chi connectivity index (χ3n) is 5.41. The molecule has 3 aromatic rings. The SMILES string of the molecule is O=C(CN1CC(c2ccc(C(F)(F)F)cn2)C(c2ccc(F)cc2)=N1)Nc1ccc(C(F)(F)F)cc1. The van der Waals surface area contributed by atoms with Gasteiger partial charge in [-0.2, -0.15) is 31.4 Å². The fourth-order valence-corrected chi connectivity index (χ4v) is 3.66. The van der Waals surface area contributed by atoms with Crippen LogP contribution in [-0.4, -0.2) is 34.7 Å². The first-order valence-corrected chi connectivity index (χ1v) is 10.5. The molecule has 36 heavy (non-hydrogen) atoms.